The SMILES string of the molecule is CCOc1cc(CNC2C3CC4CC(C3)CC2C4)c(Cl)cc1OCC(=O)NC(C)(C)C. The van der Waals surface area contributed by atoms with Crippen LogP contribution >= 0.6 is 11.6 Å². The van der Waals surface area contributed by atoms with Crippen LogP contribution in [0.1, 0.15) is 65.4 Å². The molecule has 0 saturated heterocycles. The summed E-state index contributed by atoms with van der Waals surface area (Å²) in [5.41, 5.74) is 0.722. The van der Waals surface area contributed by atoms with Gasteiger partial charge in [-0.05, 0) is 95.1 Å². The molecule has 4 saturated carbocycles. The van der Waals surface area contributed by atoms with Gasteiger partial charge in [0.25, 0.3) is 5.91 Å². The van der Waals surface area contributed by atoms with Crippen LogP contribution in [-0.4, -0.2) is 30.7 Å². The first-order chi connectivity index (χ1) is 14.7. The fourth-order valence-corrected chi connectivity index (χ4v) is 6.40. The summed E-state index contributed by atoms with van der Waals surface area (Å²) < 4.78 is 11.6. The van der Waals surface area contributed by atoms with E-state index in [2.05, 4.69) is 10.6 Å². The van der Waals surface area contributed by atoms with Crippen LogP contribution in [0.15, 0.2) is 12.1 Å². The smallest absolute Gasteiger partial charge is 0.258 e. The monoisotopic (exact) mass is 448 g/mol. The first-order valence-electron chi connectivity index (χ1n) is 11.8. The lowest BCUT2D eigenvalue weighted by molar-refractivity contribution is -0.124. The second-order valence-electron chi connectivity index (χ2n) is 10.7. The Balaban J connectivity index is 1.40. The second-order valence-corrected chi connectivity index (χ2v) is 11.2. The zero-order chi connectivity index (χ0) is 22.2. The molecule has 4 aliphatic carbocycles. The number of hydrogen-bond donors (Lipinski definition) is 2. The lowest BCUT2D eigenvalue weighted by Gasteiger charge is -2.54. The van der Waals surface area contributed by atoms with Gasteiger partial charge >= 0.3 is 0 Å². The van der Waals surface area contributed by atoms with Crippen LogP contribution in [0.5, 0.6) is 11.5 Å². The van der Waals surface area contributed by atoms with Gasteiger partial charge in [-0.1, -0.05) is 11.6 Å². The molecular formula is C25H37ClN2O3. The predicted molar refractivity (Wildman–Crippen MR) is 124 cm³/mol. The molecule has 0 atom stereocenters. The van der Waals surface area contributed by atoms with Crippen LogP contribution in [0.4, 0.5) is 0 Å². The molecule has 0 heterocycles. The maximum Gasteiger partial charge on any atom is 0.258 e. The Labute approximate surface area is 191 Å². The second kappa shape index (κ2) is 9.19. The molecule has 4 bridgehead atoms. The highest BCUT2D eigenvalue weighted by Crippen LogP contribution is 2.53. The minimum atomic E-state index is -0.297. The van der Waals surface area contributed by atoms with Gasteiger partial charge in [0.2, 0.25) is 0 Å². The van der Waals surface area contributed by atoms with Crippen molar-refractivity contribution >= 4 is 17.5 Å². The van der Waals surface area contributed by atoms with Crippen molar-refractivity contribution in [2.24, 2.45) is 23.7 Å². The zero-order valence-corrected chi connectivity index (χ0v) is 20.1. The van der Waals surface area contributed by atoms with E-state index in [1.807, 2.05) is 33.8 Å². The van der Waals surface area contributed by atoms with Crippen molar-refractivity contribution in [2.45, 2.75) is 77.9 Å². The van der Waals surface area contributed by atoms with Gasteiger partial charge in [-0.2, -0.15) is 0 Å². The summed E-state index contributed by atoms with van der Waals surface area (Å²) in [5, 5.41) is 7.39. The Morgan fingerprint density at radius 1 is 1.03 bits per heavy atom. The van der Waals surface area contributed by atoms with Crippen molar-refractivity contribution < 1.29 is 14.3 Å². The van der Waals surface area contributed by atoms with Crippen LogP contribution in [0, 0.1) is 23.7 Å². The largest absolute Gasteiger partial charge is 0.490 e. The van der Waals surface area contributed by atoms with E-state index in [1.54, 1.807) is 6.07 Å². The lowest BCUT2D eigenvalue weighted by atomic mass is 9.54. The molecule has 2 N–H and O–H groups in total. The molecule has 0 aliphatic heterocycles. The van der Waals surface area contributed by atoms with Gasteiger partial charge in [0.15, 0.2) is 18.1 Å². The molecular weight excluding hydrogens is 412 g/mol. The molecule has 0 radical (unpaired) electrons. The van der Waals surface area contributed by atoms with E-state index in [1.165, 1.54) is 32.1 Å². The summed E-state index contributed by atoms with van der Waals surface area (Å²) in [4.78, 5) is 12.1. The van der Waals surface area contributed by atoms with E-state index in [4.69, 9.17) is 21.1 Å². The fourth-order valence-electron chi connectivity index (χ4n) is 6.18. The van der Waals surface area contributed by atoms with Crippen molar-refractivity contribution in [3.8, 4) is 11.5 Å². The molecule has 1 amide bonds. The Morgan fingerprint density at radius 2 is 1.65 bits per heavy atom. The molecule has 172 valence electrons. The Morgan fingerprint density at radius 3 is 2.23 bits per heavy atom. The highest BCUT2D eigenvalue weighted by molar-refractivity contribution is 6.31. The van der Waals surface area contributed by atoms with Crippen molar-refractivity contribution in [3.63, 3.8) is 0 Å². The highest BCUT2D eigenvalue weighted by Gasteiger charge is 2.47. The minimum absolute atomic E-state index is 0.0704. The first-order valence-corrected chi connectivity index (χ1v) is 12.2. The number of rotatable bonds is 8. The number of carbonyl (C=O) groups is 1. The molecule has 5 rings (SSSR count). The normalized spacial score (nSPS) is 29.1. The van der Waals surface area contributed by atoms with Gasteiger partial charge in [0.1, 0.15) is 0 Å². The van der Waals surface area contributed by atoms with Gasteiger partial charge in [0.05, 0.1) is 6.61 Å². The number of carbonyl (C=O) groups excluding carboxylic acids is 1. The number of nitrogens with one attached hydrogen (secondary N) is 2. The average molecular weight is 449 g/mol. The van der Waals surface area contributed by atoms with Crippen LogP contribution in [0.2, 0.25) is 5.02 Å². The standard InChI is InChI=1S/C25H37ClN2O3/c1-5-30-21-11-19(20(26)12-22(21)31-14-23(29)28-25(2,3)4)13-27-24-17-7-15-6-16(9-17)10-18(24)8-15/h11-12,15-18,24,27H,5-10,13-14H2,1-4H3,(H,28,29). The third-order valence-electron chi connectivity index (χ3n) is 7.04. The summed E-state index contributed by atoms with van der Waals surface area (Å²) in [5.74, 6) is 4.57. The Hall–Kier alpha value is -1.46. The minimum Gasteiger partial charge on any atom is -0.490 e. The molecule has 31 heavy (non-hydrogen) atoms. The van der Waals surface area contributed by atoms with E-state index >= 15 is 0 Å². The van der Waals surface area contributed by atoms with Crippen LogP contribution in [0.25, 0.3) is 0 Å². The van der Waals surface area contributed by atoms with E-state index in [0.29, 0.717) is 29.2 Å². The van der Waals surface area contributed by atoms with Crippen molar-refractivity contribution in [1.82, 2.24) is 10.6 Å². The lowest BCUT2D eigenvalue weighted by Crippen LogP contribution is -2.54. The topological polar surface area (TPSA) is 59.6 Å². The number of hydrogen-bond acceptors (Lipinski definition) is 4. The van der Waals surface area contributed by atoms with Crippen LogP contribution in [0.3, 0.4) is 0 Å². The van der Waals surface area contributed by atoms with E-state index in [-0.39, 0.29) is 18.1 Å². The van der Waals surface area contributed by atoms with Gasteiger partial charge in [0, 0.05) is 29.2 Å². The zero-order valence-electron chi connectivity index (χ0n) is 19.3. The molecule has 0 aromatic heterocycles. The summed E-state index contributed by atoms with van der Waals surface area (Å²) >= 11 is 6.62. The third kappa shape index (κ3) is 5.48. The predicted octanol–water partition coefficient (Wildman–Crippen LogP) is 4.95. The number of benzene rings is 1. The van der Waals surface area contributed by atoms with Crippen molar-refractivity contribution in [2.75, 3.05) is 13.2 Å². The van der Waals surface area contributed by atoms with Crippen LogP contribution in [-0.2, 0) is 11.3 Å². The molecule has 6 heteroatoms. The number of amides is 1. The van der Waals surface area contributed by atoms with E-state index < -0.39 is 0 Å². The van der Waals surface area contributed by atoms with Crippen molar-refractivity contribution in [3.05, 3.63) is 22.7 Å². The Kier molecular flexibility index (Phi) is 6.73. The van der Waals surface area contributed by atoms with Gasteiger partial charge in [-0.15, -0.1) is 0 Å². The number of halogens is 1. The molecule has 0 spiro atoms. The Bertz CT molecular complexity index is 777. The van der Waals surface area contributed by atoms with Gasteiger partial charge < -0.3 is 20.1 Å². The molecule has 4 fully saturated rings. The average Bonchev–Trinajstić information content (AvgIpc) is 2.66. The van der Waals surface area contributed by atoms with Gasteiger partial charge in [-0.3, -0.25) is 4.79 Å². The maximum absolute atomic E-state index is 12.1. The summed E-state index contributed by atoms with van der Waals surface area (Å²) in [6.07, 6.45) is 7.05. The van der Waals surface area contributed by atoms with Crippen LogP contribution < -0.4 is 20.1 Å². The molecule has 1 aromatic carbocycles. The van der Waals surface area contributed by atoms with E-state index in [9.17, 15) is 4.79 Å². The first kappa shape index (κ1) is 22.7. The molecule has 5 nitrogen and oxygen atoms in total. The van der Waals surface area contributed by atoms with Crippen molar-refractivity contribution in [1.29, 1.82) is 0 Å². The summed E-state index contributed by atoms with van der Waals surface area (Å²) in [6.45, 7) is 8.96. The summed E-state index contributed by atoms with van der Waals surface area (Å²) in [6, 6.07) is 4.35. The van der Waals surface area contributed by atoms with E-state index in [0.717, 1.165) is 35.8 Å². The maximum atomic E-state index is 12.1. The molecule has 1 aromatic rings. The molecule has 0 unspecified atom stereocenters. The molecule has 4 aliphatic rings. The quantitative estimate of drug-likeness (QED) is 0.590. The highest BCUT2D eigenvalue weighted by atomic mass is 35.5. The fraction of sp³-hybridized carbons (Fsp3) is 0.720. The summed E-state index contributed by atoms with van der Waals surface area (Å²) in [7, 11) is 0. The van der Waals surface area contributed by atoms with Gasteiger partial charge in [-0.25, -0.2) is 0 Å². The third-order valence-corrected chi connectivity index (χ3v) is 7.39. The number of ether oxygens (including phenoxy) is 2.